The number of nitrogens with zero attached hydrogens (tertiary/aromatic N) is 1. The van der Waals surface area contributed by atoms with Crippen LogP contribution in [0.15, 0.2) is 16.5 Å². The predicted octanol–water partition coefficient (Wildman–Crippen LogP) is 2.06. The Morgan fingerprint density at radius 3 is 3.38 bits per heavy atom. The standard InChI is InChI=1S/C6H9NS/c1-6-4-2-3-5-8-7-6/h2-3H,4-5H2,1H3. The zero-order valence-electron chi connectivity index (χ0n) is 4.92. The molecule has 1 heterocycles. The molecule has 44 valence electrons. The number of hydrogen-bond donors (Lipinski definition) is 0. The zero-order valence-corrected chi connectivity index (χ0v) is 5.74. The molecule has 8 heavy (non-hydrogen) atoms. The SMILES string of the molecule is CC1=NSCC=CC1. The maximum absolute atomic E-state index is 4.19. The second-order valence-electron chi connectivity index (χ2n) is 1.80. The Labute approximate surface area is 54.0 Å². The summed E-state index contributed by atoms with van der Waals surface area (Å²) in [5.74, 6) is 1.04. The fraction of sp³-hybridized carbons (Fsp3) is 0.500. The van der Waals surface area contributed by atoms with Crippen molar-refractivity contribution in [2.45, 2.75) is 13.3 Å². The monoisotopic (exact) mass is 127 g/mol. The molecule has 0 aliphatic carbocycles. The van der Waals surface area contributed by atoms with E-state index < -0.39 is 0 Å². The Hall–Kier alpha value is -0.240. The van der Waals surface area contributed by atoms with Crippen molar-refractivity contribution in [3.8, 4) is 0 Å². The summed E-state index contributed by atoms with van der Waals surface area (Å²) in [4.78, 5) is 0. The van der Waals surface area contributed by atoms with Crippen molar-refractivity contribution in [2.24, 2.45) is 4.40 Å². The van der Waals surface area contributed by atoms with Crippen molar-refractivity contribution in [3.63, 3.8) is 0 Å². The van der Waals surface area contributed by atoms with Crippen LogP contribution >= 0.6 is 11.9 Å². The van der Waals surface area contributed by atoms with Gasteiger partial charge in [0.2, 0.25) is 0 Å². The Balaban J connectivity index is 2.51. The molecular weight excluding hydrogens is 118 g/mol. The van der Waals surface area contributed by atoms with Crippen LogP contribution in [0.4, 0.5) is 0 Å². The van der Waals surface area contributed by atoms with E-state index in [1.807, 2.05) is 0 Å². The molecule has 0 amide bonds. The molecule has 2 heteroatoms. The third kappa shape index (κ3) is 1.70. The van der Waals surface area contributed by atoms with E-state index in [2.05, 4.69) is 23.5 Å². The Morgan fingerprint density at radius 2 is 2.50 bits per heavy atom. The van der Waals surface area contributed by atoms with Gasteiger partial charge in [-0.25, -0.2) is 4.40 Å². The van der Waals surface area contributed by atoms with Gasteiger partial charge in [0.15, 0.2) is 0 Å². The van der Waals surface area contributed by atoms with Gasteiger partial charge in [-0.05, 0) is 18.9 Å². The molecule has 1 aliphatic heterocycles. The maximum Gasteiger partial charge on any atom is 0.0333 e. The average Bonchev–Trinajstić information content (AvgIpc) is 1.94. The summed E-state index contributed by atoms with van der Waals surface area (Å²) in [5.41, 5.74) is 1.23. The van der Waals surface area contributed by atoms with Gasteiger partial charge >= 0.3 is 0 Å². The van der Waals surface area contributed by atoms with Gasteiger partial charge in [-0.3, -0.25) is 0 Å². The van der Waals surface area contributed by atoms with E-state index in [1.165, 1.54) is 5.71 Å². The smallest absolute Gasteiger partial charge is 0.0333 e. The lowest BCUT2D eigenvalue weighted by Crippen LogP contribution is -1.82. The van der Waals surface area contributed by atoms with E-state index in [0.717, 1.165) is 12.2 Å². The molecule has 0 aromatic carbocycles. The zero-order chi connectivity index (χ0) is 5.82. The molecule has 1 nitrogen and oxygen atoms in total. The highest BCUT2D eigenvalue weighted by Crippen LogP contribution is 2.08. The Bertz CT molecular complexity index is 126. The first-order valence-corrected chi connectivity index (χ1v) is 3.64. The molecule has 1 aliphatic rings. The Kier molecular flexibility index (Phi) is 2.15. The minimum Gasteiger partial charge on any atom is -0.225 e. The summed E-state index contributed by atoms with van der Waals surface area (Å²) < 4.78 is 4.19. The molecule has 0 aromatic heterocycles. The lowest BCUT2D eigenvalue weighted by Gasteiger charge is -1.86. The van der Waals surface area contributed by atoms with Crippen molar-refractivity contribution < 1.29 is 0 Å². The molecule has 0 fully saturated rings. The van der Waals surface area contributed by atoms with E-state index in [0.29, 0.717) is 0 Å². The van der Waals surface area contributed by atoms with Gasteiger partial charge in [0.05, 0.1) is 0 Å². The van der Waals surface area contributed by atoms with Crippen LogP contribution in [0, 0.1) is 0 Å². The molecule has 0 bridgehead atoms. The summed E-state index contributed by atoms with van der Waals surface area (Å²) in [6.07, 6.45) is 5.36. The van der Waals surface area contributed by atoms with Gasteiger partial charge in [0, 0.05) is 17.9 Å². The van der Waals surface area contributed by atoms with Crippen LogP contribution in [0.25, 0.3) is 0 Å². The van der Waals surface area contributed by atoms with Crippen LogP contribution in [-0.2, 0) is 0 Å². The molecular formula is C6H9NS. The van der Waals surface area contributed by atoms with Crippen molar-refractivity contribution >= 4 is 17.7 Å². The van der Waals surface area contributed by atoms with Crippen LogP contribution in [0.3, 0.4) is 0 Å². The molecule has 0 N–H and O–H groups in total. The van der Waals surface area contributed by atoms with Crippen molar-refractivity contribution in [3.05, 3.63) is 12.2 Å². The maximum atomic E-state index is 4.19. The van der Waals surface area contributed by atoms with Gasteiger partial charge in [0.25, 0.3) is 0 Å². The average molecular weight is 127 g/mol. The number of rotatable bonds is 0. The summed E-state index contributed by atoms with van der Waals surface area (Å²) in [7, 11) is 0. The third-order valence-corrected chi connectivity index (χ3v) is 1.75. The Morgan fingerprint density at radius 1 is 1.62 bits per heavy atom. The highest BCUT2D eigenvalue weighted by atomic mass is 32.2. The number of allylic oxidation sites excluding steroid dienone is 1. The highest BCUT2D eigenvalue weighted by molar-refractivity contribution is 7.98. The first-order valence-electron chi connectivity index (χ1n) is 2.70. The van der Waals surface area contributed by atoms with Gasteiger partial charge in [-0.1, -0.05) is 12.2 Å². The minimum absolute atomic E-state index is 1.03. The fourth-order valence-corrected chi connectivity index (χ4v) is 1.14. The van der Waals surface area contributed by atoms with E-state index in [-0.39, 0.29) is 0 Å². The molecule has 0 aromatic rings. The van der Waals surface area contributed by atoms with Gasteiger partial charge in [-0.15, -0.1) is 0 Å². The third-order valence-electron chi connectivity index (χ3n) is 0.971. The molecule has 1 rings (SSSR count). The second kappa shape index (κ2) is 2.92. The topological polar surface area (TPSA) is 12.4 Å². The minimum atomic E-state index is 1.03. The van der Waals surface area contributed by atoms with E-state index in [4.69, 9.17) is 0 Å². The van der Waals surface area contributed by atoms with Crippen LogP contribution in [0.2, 0.25) is 0 Å². The lowest BCUT2D eigenvalue weighted by atomic mass is 10.3. The predicted molar refractivity (Wildman–Crippen MR) is 39.3 cm³/mol. The first kappa shape index (κ1) is 5.89. The van der Waals surface area contributed by atoms with E-state index in [1.54, 1.807) is 11.9 Å². The highest BCUT2D eigenvalue weighted by Gasteiger charge is 1.90. The number of hydrogen-bond acceptors (Lipinski definition) is 2. The van der Waals surface area contributed by atoms with Crippen molar-refractivity contribution in [1.82, 2.24) is 0 Å². The largest absolute Gasteiger partial charge is 0.225 e. The van der Waals surface area contributed by atoms with E-state index in [9.17, 15) is 0 Å². The van der Waals surface area contributed by atoms with Crippen molar-refractivity contribution in [2.75, 3.05) is 5.75 Å². The second-order valence-corrected chi connectivity index (χ2v) is 2.57. The summed E-state index contributed by atoms with van der Waals surface area (Å²) in [6, 6.07) is 0. The molecule has 0 radical (unpaired) electrons. The summed E-state index contributed by atoms with van der Waals surface area (Å²) in [5, 5.41) is 0. The normalized spacial score (nSPS) is 19.9. The van der Waals surface area contributed by atoms with Crippen LogP contribution in [0.5, 0.6) is 0 Å². The van der Waals surface area contributed by atoms with Crippen LogP contribution in [0.1, 0.15) is 13.3 Å². The van der Waals surface area contributed by atoms with Gasteiger partial charge in [-0.2, -0.15) is 0 Å². The van der Waals surface area contributed by atoms with E-state index >= 15 is 0 Å². The molecule has 0 spiro atoms. The first-order chi connectivity index (χ1) is 3.89. The van der Waals surface area contributed by atoms with Crippen LogP contribution in [-0.4, -0.2) is 11.5 Å². The quantitative estimate of drug-likeness (QED) is 0.358. The lowest BCUT2D eigenvalue weighted by molar-refractivity contribution is 1.44. The van der Waals surface area contributed by atoms with Crippen LogP contribution < -0.4 is 0 Å². The summed E-state index contributed by atoms with van der Waals surface area (Å²) >= 11 is 1.62. The molecule has 0 saturated carbocycles. The fourth-order valence-electron chi connectivity index (χ4n) is 0.550. The molecule has 0 saturated heterocycles. The van der Waals surface area contributed by atoms with Crippen molar-refractivity contribution in [1.29, 1.82) is 0 Å². The molecule has 0 unspecified atom stereocenters. The van der Waals surface area contributed by atoms with Gasteiger partial charge in [0.1, 0.15) is 0 Å². The van der Waals surface area contributed by atoms with Gasteiger partial charge < -0.3 is 0 Å². The summed E-state index contributed by atoms with van der Waals surface area (Å²) in [6.45, 7) is 2.06. The molecule has 0 atom stereocenters.